The Morgan fingerprint density at radius 1 is 1.39 bits per heavy atom. The summed E-state index contributed by atoms with van der Waals surface area (Å²) in [6.07, 6.45) is 2.38. The summed E-state index contributed by atoms with van der Waals surface area (Å²) < 4.78 is 0. The molecule has 1 fully saturated rings. The minimum atomic E-state index is -0.763. The molecule has 3 heteroatoms. The Morgan fingerprint density at radius 3 is 2.39 bits per heavy atom. The molecule has 0 radical (unpaired) electrons. The van der Waals surface area contributed by atoms with Crippen molar-refractivity contribution >= 4 is 11.6 Å². The Labute approximate surface area is 108 Å². The van der Waals surface area contributed by atoms with Crippen molar-refractivity contribution in [3.05, 3.63) is 29.8 Å². The molecule has 2 rings (SSSR count). The van der Waals surface area contributed by atoms with Crippen molar-refractivity contribution in [3.63, 3.8) is 0 Å². The molecule has 0 aliphatic heterocycles. The first-order valence-corrected chi connectivity index (χ1v) is 6.43. The fourth-order valence-electron chi connectivity index (χ4n) is 2.33. The van der Waals surface area contributed by atoms with Crippen molar-refractivity contribution in [2.45, 2.75) is 33.1 Å². The van der Waals surface area contributed by atoms with E-state index in [1.807, 2.05) is 38.1 Å². The average Bonchev–Trinajstić information content (AvgIpc) is 2.32. The van der Waals surface area contributed by atoms with Gasteiger partial charge in [0, 0.05) is 12.2 Å². The van der Waals surface area contributed by atoms with Crippen molar-refractivity contribution in [3.8, 4) is 6.07 Å². The van der Waals surface area contributed by atoms with Crippen LogP contribution in [-0.4, -0.2) is 12.5 Å². The molecule has 0 aromatic heterocycles. The predicted molar refractivity (Wildman–Crippen MR) is 71.1 cm³/mol. The van der Waals surface area contributed by atoms with E-state index in [9.17, 15) is 10.1 Å². The third kappa shape index (κ3) is 1.99. The zero-order valence-electron chi connectivity index (χ0n) is 10.9. The number of hydrogen-bond acceptors (Lipinski definition) is 2. The molecule has 0 saturated heterocycles. The summed E-state index contributed by atoms with van der Waals surface area (Å²) >= 11 is 0. The first kappa shape index (κ1) is 12.6. The van der Waals surface area contributed by atoms with E-state index in [-0.39, 0.29) is 5.91 Å². The standard InChI is InChI=1S/C15H18N2O/c1-3-17(13-7-5-12(2)6-8-13)14(18)15(11-16)9-4-10-15/h5-8H,3-4,9-10H2,1-2H3. The molecule has 1 amide bonds. The van der Waals surface area contributed by atoms with Crippen LogP contribution >= 0.6 is 0 Å². The lowest BCUT2D eigenvalue weighted by molar-refractivity contribution is -0.128. The van der Waals surface area contributed by atoms with E-state index in [2.05, 4.69) is 6.07 Å². The maximum atomic E-state index is 12.5. The lowest BCUT2D eigenvalue weighted by atomic mass is 9.69. The van der Waals surface area contributed by atoms with Crippen LogP contribution in [0.2, 0.25) is 0 Å². The van der Waals surface area contributed by atoms with Crippen molar-refractivity contribution in [1.82, 2.24) is 0 Å². The Kier molecular flexibility index (Phi) is 3.38. The second-order valence-corrected chi connectivity index (χ2v) is 4.93. The number of anilines is 1. The van der Waals surface area contributed by atoms with Gasteiger partial charge in [0.2, 0.25) is 5.91 Å². The topological polar surface area (TPSA) is 44.1 Å². The third-order valence-electron chi connectivity index (χ3n) is 3.74. The van der Waals surface area contributed by atoms with E-state index in [0.717, 1.165) is 12.1 Å². The van der Waals surface area contributed by atoms with E-state index in [1.165, 1.54) is 5.56 Å². The van der Waals surface area contributed by atoms with Crippen molar-refractivity contribution in [2.75, 3.05) is 11.4 Å². The summed E-state index contributed by atoms with van der Waals surface area (Å²) in [7, 11) is 0. The number of carbonyl (C=O) groups excluding carboxylic acids is 1. The highest BCUT2D eigenvalue weighted by Crippen LogP contribution is 2.42. The van der Waals surface area contributed by atoms with Crippen LogP contribution in [0, 0.1) is 23.7 Å². The Bertz CT molecular complexity index is 480. The molecule has 1 aliphatic carbocycles. The van der Waals surface area contributed by atoms with Crippen LogP contribution in [-0.2, 0) is 4.79 Å². The van der Waals surface area contributed by atoms with Crippen LogP contribution in [0.1, 0.15) is 31.7 Å². The van der Waals surface area contributed by atoms with Gasteiger partial charge in [-0.25, -0.2) is 0 Å². The van der Waals surface area contributed by atoms with Crippen molar-refractivity contribution in [2.24, 2.45) is 5.41 Å². The summed E-state index contributed by atoms with van der Waals surface area (Å²) in [5.41, 5.74) is 1.29. The molecule has 18 heavy (non-hydrogen) atoms. The molecule has 0 unspecified atom stereocenters. The Hall–Kier alpha value is -1.82. The molecule has 94 valence electrons. The molecule has 0 N–H and O–H groups in total. The monoisotopic (exact) mass is 242 g/mol. The maximum Gasteiger partial charge on any atom is 0.247 e. The smallest absolute Gasteiger partial charge is 0.247 e. The van der Waals surface area contributed by atoms with Gasteiger partial charge in [-0.15, -0.1) is 0 Å². The highest BCUT2D eigenvalue weighted by molar-refractivity contribution is 5.99. The van der Waals surface area contributed by atoms with Crippen LogP contribution in [0.3, 0.4) is 0 Å². The van der Waals surface area contributed by atoms with Crippen LogP contribution in [0.4, 0.5) is 5.69 Å². The first-order valence-electron chi connectivity index (χ1n) is 6.43. The van der Waals surface area contributed by atoms with Gasteiger partial charge in [-0.2, -0.15) is 5.26 Å². The maximum absolute atomic E-state index is 12.5. The van der Waals surface area contributed by atoms with E-state index in [4.69, 9.17) is 0 Å². The first-order chi connectivity index (χ1) is 8.63. The summed E-state index contributed by atoms with van der Waals surface area (Å²) in [6.45, 7) is 4.57. The lowest BCUT2D eigenvalue weighted by Crippen LogP contribution is -2.47. The molecule has 0 atom stereocenters. The van der Waals surface area contributed by atoms with Crippen LogP contribution < -0.4 is 4.90 Å². The lowest BCUT2D eigenvalue weighted by Gasteiger charge is -2.37. The number of aryl methyl sites for hydroxylation is 1. The van der Waals surface area contributed by atoms with Gasteiger partial charge >= 0.3 is 0 Å². The summed E-state index contributed by atoms with van der Waals surface area (Å²) in [6, 6.07) is 10.1. The number of nitrogens with zero attached hydrogens (tertiary/aromatic N) is 2. The molecule has 3 nitrogen and oxygen atoms in total. The van der Waals surface area contributed by atoms with Gasteiger partial charge in [0.15, 0.2) is 0 Å². The molecule has 0 spiro atoms. The van der Waals surface area contributed by atoms with E-state index < -0.39 is 5.41 Å². The molecule has 1 aromatic carbocycles. The highest BCUT2D eigenvalue weighted by Gasteiger charge is 2.46. The van der Waals surface area contributed by atoms with Gasteiger partial charge in [0.1, 0.15) is 5.41 Å². The molecular formula is C15H18N2O. The Balaban J connectivity index is 2.26. The second-order valence-electron chi connectivity index (χ2n) is 4.93. The number of carbonyl (C=O) groups is 1. The minimum Gasteiger partial charge on any atom is -0.311 e. The van der Waals surface area contributed by atoms with Crippen LogP contribution in [0.15, 0.2) is 24.3 Å². The Morgan fingerprint density at radius 2 is 2.00 bits per heavy atom. The van der Waals surface area contributed by atoms with Gasteiger partial charge in [0.25, 0.3) is 0 Å². The van der Waals surface area contributed by atoms with Crippen LogP contribution in [0.25, 0.3) is 0 Å². The molecule has 0 bridgehead atoms. The second kappa shape index (κ2) is 4.81. The summed E-state index contributed by atoms with van der Waals surface area (Å²) in [5.74, 6) is -0.0393. The highest BCUT2D eigenvalue weighted by atomic mass is 16.2. The van der Waals surface area contributed by atoms with Crippen LogP contribution in [0.5, 0.6) is 0 Å². The van der Waals surface area contributed by atoms with Crippen molar-refractivity contribution in [1.29, 1.82) is 5.26 Å². The molecular weight excluding hydrogens is 224 g/mol. The number of amides is 1. The fourth-order valence-corrected chi connectivity index (χ4v) is 2.33. The predicted octanol–water partition coefficient (Wildman–Crippen LogP) is 3.04. The molecule has 1 aliphatic rings. The number of rotatable bonds is 3. The zero-order chi connectivity index (χ0) is 13.2. The van der Waals surface area contributed by atoms with Gasteiger partial charge in [-0.1, -0.05) is 17.7 Å². The van der Waals surface area contributed by atoms with E-state index >= 15 is 0 Å². The average molecular weight is 242 g/mol. The number of hydrogen-bond donors (Lipinski definition) is 0. The molecule has 0 heterocycles. The zero-order valence-corrected chi connectivity index (χ0v) is 10.9. The van der Waals surface area contributed by atoms with Gasteiger partial charge < -0.3 is 4.90 Å². The van der Waals surface area contributed by atoms with Gasteiger partial charge in [-0.3, -0.25) is 4.79 Å². The number of nitriles is 1. The van der Waals surface area contributed by atoms with Crippen molar-refractivity contribution < 1.29 is 4.79 Å². The number of benzene rings is 1. The SMILES string of the molecule is CCN(C(=O)C1(C#N)CCC1)c1ccc(C)cc1. The molecule has 1 saturated carbocycles. The van der Waals surface area contributed by atoms with E-state index in [0.29, 0.717) is 19.4 Å². The quantitative estimate of drug-likeness (QED) is 0.817. The van der Waals surface area contributed by atoms with Gasteiger partial charge in [-0.05, 0) is 45.2 Å². The largest absolute Gasteiger partial charge is 0.311 e. The normalized spacial score (nSPS) is 16.5. The fraction of sp³-hybridized carbons (Fsp3) is 0.467. The summed E-state index contributed by atoms with van der Waals surface area (Å²) in [5, 5.41) is 9.24. The minimum absolute atomic E-state index is 0.0393. The summed E-state index contributed by atoms with van der Waals surface area (Å²) in [4.78, 5) is 14.2. The van der Waals surface area contributed by atoms with Gasteiger partial charge in [0.05, 0.1) is 6.07 Å². The van der Waals surface area contributed by atoms with E-state index in [1.54, 1.807) is 4.90 Å². The third-order valence-corrected chi connectivity index (χ3v) is 3.74. The molecule has 1 aromatic rings.